The molecule has 2 rings (SSSR count). The normalized spacial score (nSPS) is 22.3. The highest BCUT2D eigenvalue weighted by Gasteiger charge is 2.35. The van der Waals surface area contributed by atoms with E-state index in [-0.39, 0.29) is 16.4 Å². The summed E-state index contributed by atoms with van der Waals surface area (Å²) >= 11 is 0. The molecule has 1 atom stereocenters. The van der Waals surface area contributed by atoms with Gasteiger partial charge < -0.3 is 5.32 Å². The Hall–Kier alpha value is -0.920. The Bertz CT molecular complexity index is 577. The number of aromatic nitrogens is 2. The number of nitrogens with zero attached hydrogens (tertiary/aromatic N) is 1. The largest absolute Gasteiger partial charge is 0.314 e. The van der Waals surface area contributed by atoms with Crippen LogP contribution in [-0.4, -0.2) is 31.7 Å². The van der Waals surface area contributed by atoms with Crippen molar-refractivity contribution in [1.29, 1.82) is 0 Å². The number of H-pyrrole nitrogens is 1. The molecule has 6 nitrogen and oxygen atoms in total. The van der Waals surface area contributed by atoms with Gasteiger partial charge in [0.15, 0.2) is 0 Å². The van der Waals surface area contributed by atoms with Gasteiger partial charge in [-0.1, -0.05) is 13.8 Å². The van der Waals surface area contributed by atoms with Crippen molar-refractivity contribution in [2.75, 3.05) is 7.05 Å². The molecule has 0 aliphatic heterocycles. The maximum Gasteiger partial charge on any atom is 0.244 e. The molecule has 1 saturated carbocycles. The van der Waals surface area contributed by atoms with Gasteiger partial charge in [0.25, 0.3) is 0 Å². The first-order valence-corrected chi connectivity index (χ1v) is 8.44. The lowest BCUT2D eigenvalue weighted by atomic mass is 9.92. The fourth-order valence-corrected chi connectivity index (χ4v) is 4.56. The van der Waals surface area contributed by atoms with Crippen molar-refractivity contribution in [2.45, 2.75) is 57.5 Å². The second kappa shape index (κ2) is 5.46. The summed E-state index contributed by atoms with van der Waals surface area (Å²) in [5.74, 6) is 0. The molecule has 0 saturated heterocycles. The lowest BCUT2D eigenvalue weighted by Crippen LogP contribution is -2.34. The van der Waals surface area contributed by atoms with Crippen molar-refractivity contribution in [1.82, 2.24) is 20.2 Å². The molecule has 0 spiro atoms. The summed E-state index contributed by atoms with van der Waals surface area (Å²) in [7, 11) is -1.75. The summed E-state index contributed by atoms with van der Waals surface area (Å²) < 4.78 is 28.0. The number of aromatic amines is 1. The molecule has 7 heteroatoms. The van der Waals surface area contributed by atoms with Crippen LogP contribution in [0.1, 0.15) is 44.5 Å². The Morgan fingerprint density at radius 2 is 2.15 bits per heavy atom. The minimum absolute atomic E-state index is 0.0201. The Morgan fingerprint density at radius 3 is 2.70 bits per heavy atom. The van der Waals surface area contributed by atoms with Crippen LogP contribution in [0, 0.1) is 12.3 Å². The van der Waals surface area contributed by atoms with E-state index in [2.05, 4.69) is 34.1 Å². The second-order valence-electron chi connectivity index (χ2n) is 6.38. The zero-order valence-corrected chi connectivity index (χ0v) is 13.4. The van der Waals surface area contributed by atoms with Gasteiger partial charge in [-0.3, -0.25) is 5.10 Å². The van der Waals surface area contributed by atoms with E-state index in [1.54, 1.807) is 14.0 Å². The van der Waals surface area contributed by atoms with Gasteiger partial charge in [0, 0.05) is 12.6 Å². The van der Waals surface area contributed by atoms with Gasteiger partial charge in [0.2, 0.25) is 10.0 Å². The molecule has 1 aromatic rings. The quantitative estimate of drug-likeness (QED) is 0.765. The van der Waals surface area contributed by atoms with Crippen LogP contribution in [0.4, 0.5) is 0 Å². The van der Waals surface area contributed by atoms with Gasteiger partial charge in [-0.2, -0.15) is 5.10 Å². The average molecular weight is 300 g/mol. The zero-order chi connectivity index (χ0) is 15.0. The van der Waals surface area contributed by atoms with E-state index in [9.17, 15) is 8.42 Å². The maximum absolute atomic E-state index is 12.6. The van der Waals surface area contributed by atoms with Gasteiger partial charge in [-0.15, -0.1) is 0 Å². The van der Waals surface area contributed by atoms with E-state index in [1.807, 2.05) is 0 Å². The molecule has 0 radical (unpaired) electrons. The standard InChI is InChI=1S/C13H24N4O2S/c1-9-12(11(8-14-4)16-15-9)20(18,19)17-10-5-6-13(2,3)7-10/h10,14,17H,5-8H2,1-4H3,(H,15,16). The molecule has 1 aliphatic carbocycles. The predicted octanol–water partition coefficient (Wildman–Crippen LogP) is 1.29. The number of sulfonamides is 1. The molecule has 3 N–H and O–H groups in total. The Morgan fingerprint density at radius 1 is 1.45 bits per heavy atom. The van der Waals surface area contributed by atoms with Crippen LogP contribution in [-0.2, 0) is 16.6 Å². The van der Waals surface area contributed by atoms with Crippen molar-refractivity contribution in [2.24, 2.45) is 5.41 Å². The van der Waals surface area contributed by atoms with Gasteiger partial charge in [-0.25, -0.2) is 13.1 Å². The summed E-state index contributed by atoms with van der Waals surface area (Å²) in [6.07, 6.45) is 2.82. The number of rotatable bonds is 5. The molecular formula is C13H24N4O2S. The minimum Gasteiger partial charge on any atom is -0.314 e. The zero-order valence-electron chi connectivity index (χ0n) is 12.6. The number of hydrogen-bond acceptors (Lipinski definition) is 4. The van der Waals surface area contributed by atoms with Crippen LogP contribution >= 0.6 is 0 Å². The minimum atomic E-state index is -3.52. The molecule has 1 heterocycles. The lowest BCUT2D eigenvalue weighted by Gasteiger charge is -2.18. The number of nitrogens with one attached hydrogen (secondary N) is 3. The number of aryl methyl sites for hydroxylation is 1. The van der Waals surface area contributed by atoms with E-state index in [0.29, 0.717) is 17.9 Å². The molecule has 0 amide bonds. The maximum atomic E-state index is 12.6. The van der Waals surface area contributed by atoms with Crippen molar-refractivity contribution < 1.29 is 8.42 Å². The van der Waals surface area contributed by atoms with Crippen molar-refractivity contribution in [3.05, 3.63) is 11.4 Å². The average Bonchev–Trinajstić information content (AvgIpc) is 2.82. The van der Waals surface area contributed by atoms with E-state index < -0.39 is 10.0 Å². The second-order valence-corrected chi connectivity index (χ2v) is 8.03. The molecule has 1 aliphatic rings. The predicted molar refractivity (Wildman–Crippen MR) is 77.8 cm³/mol. The van der Waals surface area contributed by atoms with E-state index in [1.165, 1.54) is 0 Å². The molecule has 0 aromatic carbocycles. The Labute approximate surface area is 120 Å². The summed E-state index contributed by atoms with van der Waals surface area (Å²) in [6, 6.07) is 0.0201. The summed E-state index contributed by atoms with van der Waals surface area (Å²) in [5, 5.41) is 9.77. The van der Waals surface area contributed by atoms with E-state index in [0.717, 1.165) is 19.3 Å². The highest BCUT2D eigenvalue weighted by atomic mass is 32.2. The summed E-state index contributed by atoms with van der Waals surface area (Å²) in [5.41, 5.74) is 1.33. The topological polar surface area (TPSA) is 86.9 Å². The molecule has 114 valence electrons. The SMILES string of the molecule is CNCc1n[nH]c(C)c1S(=O)(=O)NC1CCC(C)(C)C1. The fourth-order valence-electron chi connectivity index (χ4n) is 2.93. The van der Waals surface area contributed by atoms with E-state index in [4.69, 9.17) is 0 Å². The van der Waals surface area contributed by atoms with Gasteiger partial charge in [-0.05, 0) is 38.6 Å². The number of hydrogen-bond donors (Lipinski definition) is 3. The van der Waals surface area contributed by atoms with Crippen molar-refractivity contribution in [3.8, 4) is 0 Å². The van der Waals surface area contributed by atoms with Gasteiger partial charge in [0.1, 0.15) is 4.90 Å². The third-order valence-corrected chi connectivity index (χ3v) is 5.59. The Balaban J connectivity index is 2.21. The molecule has 1 fully saturated rings. The van der Waals surface area contributed by atoms with Crippen LogP contribution < -0.4 is 10.0 Å². The van der Waals surface area contributed by atoms with Gasteiger partial charge in [0.05, 0.1) is 11.4 Å². The highest BCUT2D eigenvalue weighted by Crippen LogP contribution is 2.37. The van der Waals surface area contributed by atoms with Gasteiger partial charge >= 0.3 is 0 Å². The smallest absolute Gasteiger partial charge is 0.244 e. The molecule has 0 bridgehead atoms. The van der Waals surface area contributed by atoms with Crippen LogP contribution in [0.5, 0.6) is 0 Å². The monoisotopic (exact) mass is 300 g/mol. The summed E-state index contributed by atoms with van der Waals surface area (Å²) in [4.78, 5) is 0.288. The first-order chi connectivity index (χ1) is 9.25. The lowest BCUT2D eigenvalue weighted by molar-refractivity contribution is 0.372. The van der Waals surface area contributed by atoms with Crippen molar-refractivity contribution in [3.63, 3.8) is 0 Å². The van der Waals surface area contributed by atoms with Crippen LogP contribution in [0.3, 0.4) is 0 Å². The fraction of sp³-hybridized carbons (Fsp3) is 0.769. The van der Waals surface area contributed by atoms with Crippen LogP contribution in [0.25, 0.3) is 0 Å². The summed E-state index contributed by atoms with van der Waals surface area (Å²) in [6.45, 7) is 6.52. The molecule has 1 aromatic heterocycles. The molecule has 1 unspecified atom stereocenters. The first kappa shape index (κ1) is 15.5. The Kier molecular flexibility index (Phi) is 4.22. The van der Waals surface area contributed by atoms with Crippen LogP contribution in [0.15, 0.2) is 4.90 Å². The molecule has 20 heavy (non-hydrogen) atoms. The highest BCUT2D eigenvalue weighted by molar-refractivity contribution is 7.89. The van der Waals surface area contributed by atoms with Crippen molar-refractivity contribution >= 4 is 10.0 Å². The third kappa shape index (κ3) is 3.21. The third-order valence-electron chi connectivity index (χ3n) is 3.86. The first-order valence-electron chi connectivity index (χ1n) is 6.96. The molecular weight excluding hydrogens is 276 g/mol. The van der Waals surface area contributed by atoms with Crippen LogP contribution in [0.2, 0.25) is 0 Å². The van der Waals surface area contributed by atoms with E-state index >= 15 is 0 Å².